The second-order valence-electron chi connectivity index (χ2n) is 3.79. The molecule has 0 aromatic heterocycles. The quantitative estimate of drug-likeness (QED) is 0.889. The number of nitrogens with one attached hydrogen (secondary N) is 1. The minimum absolute atomic E-state index is 0.0169. The molecule has 0 saturated carbocycles. The minimum atomic E-state index is -0.730. The number of nitrogens with zero attached hydrogens (tertiary/aromatic N) is 1. The molecule has 1 aliphatic rings. The number of alkyl carbamates (subject to hydrolysis) is 1. The summed E-state index contributed by atoms with van der Waals surface area (Å²) in [6, 6.07) is 3.21. The average molecular weight is 273 g/mol. The number of rotatable bonds is 2. The first kappa shape index (κ1) is 12.6. The van der Waals surface area contributed by atoms with Crippen LogP contribution in [0.4, 0.5) is 14.9 Å². The maximum atomic E-state index is 13.0. The van der Waals surface area contributed by atoms with Crippen molar-refractivity contribution in [1.82, 2.24) is 5.32 Å². The third kappa shape index (κ3) is 2.38. The zero-order valence-corrected chi connectivity index (χ0v) is 10.2. The van der Waals surface area contributed by atoms with E-state index in [1.165, 1.54) is 30.1 Å². The van der Waals surface area contributed by atoms with Gasteiger partial charge in [-0.1, -0.05) is 11.6 Å². The zero-order chi connectivity index (χ0) is 13.3. The highest BCUT2D eigenvalue weighted by atomic mass is 35.5. The number of amides is 2. The highest BCUT2D eigenvalue weighted by Gasteiger charge is 2.31. The Morgan fingerprint density at radius 1 is 1.61 bits per heavy atom. The lowest BCUT2D eigenvalue weighted by Gasteiger charge is -2.20. The van der Waals surface area contributed by atoms with Crippen LogP contribution in [-0.4, -0.2) is 31.7 Å². The maximum Gasteiger partial charge on any atom is 0.407 e. The Labute approximate surface area is 107 Å². The lowest BCUT2D eigenvalue weighted by Crippen LogP contribution is -2.44. The molecule has 7 heteroatoms. The fraction of sp³-hybridized carbons (Fsp3) is 0.273. The first-order valence-corrected chi connectivity index (χ1v) is 5.53. The van der Waals surface area contributed by atoms with E-state index in [0.29, 0.717) is 5.69 Å². The third-order valence-electron chi connectivity index (χ3n) is 2.59. The maximum absolute atomic E-state index is 13.0. The Kier molecular flexibility index (Phi) is 3.38. The van der Waals surface area contributed by atoms with E-state index in [2.05, 4.69) is 10.1 Å². The van der Waals surface area contributed by atoms with Gasteiger partial charge in [-0.25, -0.2) is 9.18 Å². The molecule has 18 heavy (non-hydrogen) atoms. The molecule has 0 bridgehead atoms. The van der Waals surface area contributed by atoms with Gasteiger partial charge in [0.25, 0.3) is 5.91 Å². The Hall–Kier alpha value is -1.82. The molecule has 5 nitrogen and oxygen atoms in total. The molecule has 0 radical (unpaired) electrons. The van der Waals surface area contributed by atoms with Crippen molar-refractivity contribution >= 4 is 29.3 Å². The summed E-state index contributed by atoms with van der Waals surface area (Å²) in [6.07, 6.45) is -0.626. The Balaban J connectivity index is 2.15. The summed E-state index contributed by atoms with van der Waals surface area (Å²) in [4.78, 5) is 24.1. The van der Waals surface area contributed by atoms with Crippen molar-refractivity contribution in [3.8, 4) is 0 Å². The molecule has 1 saturated heterocycles. The van der Waals surface area contributed by atoms with Gasteiger partial charge in [0.15, 0.2) is 0 Å². The van der Waals surface area contributed by atoms with Gasteiger partial charge in [-0.15, -0.1) is 0 Å². The summed E-state index contributed by atoms with van der Waals surface area (Å²) in [5.74, 6) is -0.915. The van der Waals surface area contributed by atoms with E-state index in [1.807, 2.05) is 0 Å². The van der Waals surface area contributed by atoms with E-state index >= 15 is 0 Å². The van der Waals surface area contributed by atoms with E-state index in [-0.39, 0.29) is 17.5 Å². The number of cyclic esters (lactones) is 1. The van der Waals surface area contributed by atoms with Gasteiger partial charge in [-0.2, -0.15) is 0 Å². The van der Waals surface area contributed by atoms with Crippen molar-refractivity contribution in [3.05, 3.63) is 29.0 Å². The van der Waals surface area contributed by atoms with Crippen molar-refractivity contribution in [2.24, 2.45) is 0 Å². The van der Waals surface area contributed by atoms with Crippen molar-refractivity contribution in [3.63, 3.8) is 0 Å². The molecule has 2 rings (SSSR count). The Bertz CT molecular complexity index is 509. The van der Waals surface area contributed by atoms with Gasteiger partial charge in [-0.05, 0) is 18.2 Å². The lowest BCUT2D eigenvalue weighted by molar-refractivity contribution is -0.120. The normalized spacial score (nSPS) is 18.2. The van der Waals surface area contributed by atoms with Crippen LogP contribution in [0.5, 0.6) is 0 Å². The predicted molar refractivity (Wildman–Crippen MR) is 63.1 cm³/mol. The molecule has 2 amide bonds. The van der Waals surface area contributed by atoms with E-state index in [9.17, 15) is 14.0 Å². The summed E-state index contributed by atoms with van der Waals surface area (Å²) in [5, 5.41) is 2.30. The van der Waals surface area contributed by atoms with Gasteiger partial charge in [-0.3, -0.25) is 4.79 Å². The monoisotopic (exact) mass is 272 g/mol. The van der Waals surface area contributed by atoms with Crippen LogP contribution in [-0.2, 0) is 9.53 Å². The molecule has 1 fully saturated rings. The first-order valence-electron chi connectivity index (χ1n) is 5.15. The highest BCUT2D eigenvalue weighted by Crippen LogP contribution is 2.22. The fourth-order valence-electron chi connectivity index (χ4n) is 1.57. The lowest BCUT2D eigenvalue weighted by atomic mass is 10.2. The molecular weight excluding hydrogens is 263 g/mol. The molecule has 96 valence electrons. The van der Waals surface area contributed by atoms with Crippen LogP contribution in [0.25, 0.3) is 0 Å². The van der Waals surface area contributed by atoms with Crippen LogP contribution in [0.15, 0.2) is 18.2 Å². The minimum Gasteiger partial charge on any atom is -0.447 e. The summed E-state index contributed by atoms with van der Waals surface area (Å²) in [5.41, 5.74) is 0.438. The van der Waals surface area contributed by atoms with Crippen LogP contribution in [0, 0.1) is 5.82 Å². The molecule has 1 heterocycles. The van der Waals surface area contributed by atoms with Crippen molar-refractivity contribution in [2.45, 2.75) is 6.04 Å². The molecule has 1 N–H and O–H groups in total. The van der Waals surface area contributed by atoms with Gasteiger partial charge in [0, 0.05) is 12.7 Å². The van der Waals surface area contributed by atoms with Crippen molar-refractivity contribution in [2.75, 3.05) is 18.6 Å². The molecule has 1 unspecified atom stereocenters. The second kappa shape index (κ2) is 4.81. The van der Waals surface area contributed by atoms with Crippen LogP contribution in [0.3, 0.4) is 0 Å². The topological polar surface area (TPSA) is 58.6 Å². The highest BCUT2D eigenvalue weighted by molar-refractivity contribution is 6.31. The van der Waals surface area contributed by atoms with Gasteiger partial charge in [0.1, 0.15) is 18.5 Å². The second-order valence-corrected chi connectivity index (χ2v) is 4.20. The Morgan fingerprint density at radius 3 is 2.89 bits per heavy atom. The van der Waals surface area contributed by atoms with Gasteiger partial charge >= 0.3 is 6.09 Å². The number of carbonyl (C=O) groups is 2. The number of hydrogen-bond donors (Lipinski definition) is 1. The largest absolute Gasteiger partial charge is 0.447 e. The zero-order valence-electron chi connectivity index (χ0n) is 9.44. The number of ether oxygens (including phenoxy) is 1. The fourth-order valence-corrected chi connectivity index (χ4v) is 1.75. The molecule has 0 aliphatic carbocycles. The number of anilines is 1. The third-order valence-corrected chi connectivity index (χ3v) is 2.88. The predicted octanol–water partition coefficient (Wildman–Crippen LogP) is 1.55. The number of halogens is 2. The summed E-state index contributed by atoms with van der Waals surface area (Å²) in [7, 11) is 1.51. The molecule has 1 aromatic rings. The molecular formula is C11H10ClFN2O3. The first-order chi connectivity index (χ1) is 8.49. The van der Waals surface area contributed by atoms with Gasteiger partial charge in [0.2, 0.25) is 0 Å². The van der Waals surface area contributed by atoms with Crippen LogP contribution < -0.4 is 10.2 Å². The van der Waals surface area contributed by atoms with Crippen LogP contribution in [0.1, 0.15) is 0 Å². The van der Waals surface area contributed by atoms with E-state index in [4.69, 9.17) is 11.6 Å². The molecule has 1 aromatic carbocycles. The number of hydrogen-bond acceptors (Lipinski definition) is 3. The average Bonchev–Trinajstić information content (AvgIpc) is 2.77. The SMILES string of the molecule is CN(C(=O)C1COC(=O)N1)c1ccc(F)c(Cl)c1. The van der Waals surface area contributed by atoms with Crippen molar-refractivity contribution < 1.29 is 18.7 Å². The number of likely N-dealkylation sites (N-methyl/N-ethyl adjacent to an activating group) is 1. The molecule has 0 spiro atoms. The molecule has 1 atom stereocenters. The van der Waals surface area contributed by atoms with E-state index in [0.717, 1.165) is 0 Å². The van der Waals surface area contributed by atoms with Gasteiger partial charge < -0.3 is 15.0 Å². The van der Waals surface area contributed by atoms with Gasteiger partial charge in [0.05, 0.1) is 5.02 Å². The number of carbonyl (C=O) groups excluding carboxylic acids is 2. The summed E-state index contributed by atoms with van der Waals surface area (Å²) in [6.45, 7) is -0.0169. The van der Waals surface area contributed by atoms with Crippen LogP contribution in [0.2, 0.25) is 5.02 Å². The number of benzene rings is 1. The summed E-state index contributed by atoms with van der Waals surface area (Å²) >= 11 is 5.64. The molecule has 1 aliphatic heterocycles. The van der Waals surface area contributed by atoms with Crippen molar-refractivity contribution in [1.29, 1.82) is 0 Å². The van der Waals surface area contributed by atoms with E-state index < -0.39 is 18.0 Å². The van der Waals surface area contributed by atoms with E-state index in [1.54, 1.807) is 0 Å². The van der Waals surface area contributed by atoms with Crippen LogP contribution >= 0.6 is 11.6 Å². The summed E-state index contributed by atoms with van der Waals surface area (Å²) < 4.78 is 17.6. The Morgan fingerprint density at radius 2 is 2.33 bits per heavy atom. The smallest absolute Gasteiger partial charge is 0.407 e. The standard InChI is InChI=1S/C11H10ClFN2O3/c1-15(6-2-3-8(13)7(12)4-6)10(16)9-5-18-11(17)14-9/h2-4,9H,5H2,1H3,(H,14,17).